The van der Waals surface area contributed by atoms with Crippen LogP contribution in [0.5, 0.6) is 0 Å². The fraction of sp³-hybridized carbons (Fsp3) is 0.333. The van der Waals surface area contributed by atoms with Crippen LogP contribution in [0.25, 0.3) is 43.1 Å². The lowest BCUT2D eigenvalue weighted by Crippen LogP contribution is -2.74. The molecule has 0 amide bonds. The highest BCUT2D eigenvalue weighted by atomic mass is 28.9. The molecule has 0 unspecified atom stereocenters. The topological polar surface area (TPSA) is 0 Å². The van der Waals surface area contributed by atoms with Gasteiger partial charge < -0.3 is 0 Å². The third-order valence-corrected chi connectivity index (χ3v) is 59.7. The Morgan fingerprint density at radius 1 is 0.351 bits per heavy atom. The minimum Gasteiger partial charge on any atom is -0.0693 e. The average Bonchev–Trinajstić information content (AvgIpc) is 3.14. The first-order chi connectivity index (χ1) is 26.7. The van der Waals surface area contributed by atoms with Crippen molar-refractivity contribution in [1.82, 2.24) is 0 Å². The maximum atomic E-state index is 2.81. The third kappa shape index (κ3) is 7.00. The number of benzene rings is 7. The molecule has 0 bridgehead atoms. The van der Waals surface area contributed by atoms with E-state index in [4.69, 9.17) is 0 Å². The molecule has 0 atom stereocenters. The molecule has 1 aliphatic heterocycles. The summed E-state index contributed by atoms with van der Waals surface area (Å²) in [4.78, 5) is 0. The smallest absolute Gasteiger partial charge is 0.0485 e. The summed E-state index contributed by atoms with van der Waals surface area (Å²) >= 11 is 0. The fourth-order valence-electron chi connectivity index (χ4n) is 12.1. The van der Waals surface area contributed by atoms with Crippen molar-refractivity contribution < 1.29 is 0 Å². The van der Waals surface area contributed by atoms with Crippen LogP contribution in [0.3, 0.4) is 0 Å². The van der Waals surface area contributed by atoms with Gasteiger partial charge in [0.15, 0.2) is 0 Å². The van der Waals surface area contributed by atoms with Crippen molar-refractivity contribution in [2.24, 2.45) is 0 Å². The summed E-state index contributed by atoms with van der Waals surface area (Å²) in [6, 6.07) is 53.6. The van der Waals surface area contributed by atoms with Gasteiger partial charge in [-0.2, -0.15) is 0 Å². The third-order valence-electron chi connectivity index (χ3n) is 14.1. The van der Waals surface area contributed by atoms with Crippen molar-refractivity contribution in [3.05, 3.63) is 145 Å². The van der Waals surface area contributed by atoms with Crippen LogP contribution in [-0.2, 0) is 0 Å². The van der Waals surface area contributed by atoms with Crippen LogP contribution in [0.1, 0.15) is 18.4 Å². The second-order valence-electron chi connectivity index (χ2n) is 21.1. The predicted molar refractivity (Wildman–Crippen MR) is 273 cm³/mol. The maximum absolute atomic E-state index is 2.81. The highest BCUT2D eigenvalue weighted by molar-refractivity contribution is 7.31. The first-order valence-corrected chi connectivity index (χ1v) is 39.3. The van der Waals surface area contributed by atoms with E-state index in [0.29, 0.717) is 8.57 Å². The molecule has 0 saturated carbocycles. The first kappa shape index (κ1) is 42.0. The van der Waals surface area contributed by atoms with Crippen LogP contribution in [0.4, 0.5) is 0 Å². The molecule has 0 spiro atoms. The van der Waals surface area contributed by atoms with Crippen molar-refractivity contribution in [2.45, 2.75) is 107 Å². The van der Waals surface area contributed by atoms with Gasteiger partial charge >= 0.3 is 0 Å². The van der Waals surface area contributed by atoms with E-state index in [1.165, 1.54) is 39.9 Å². The van der Waals surface area contributed by atoms with E-state index in [0.717, 1.165) is 0 Å². The summed E-state index contributed by atoms with van der Waals surface area (Å²) in [7, 11) is -9.63. The Balaban J connectivity index is 0.000000641. The lowest BCUT2D eigenvalue weighted by molar-refractivity contribution is 0.678. The summed E-state index contributed by atoms with van der Waals surface area (Å²) in [6.45, 7) is 35.7. The Hall–Kier alpha value is -3.12. The van der Waals surface area contributed by atoms with Crippen LogP contribution < -0.4 is 10.4 Å². The van der Waals surface area contributed by atoms with Crippen molar-refractivity contribution in [2.75, 3.05) is 0 Å². The van der Waals surface area contributed by atoms with Crippen LogP contribution in [-0.4, -0.2) is 48.1 Å². The molecule has 0 nitrogen and oxygen atoms in total. The Bertz CT molecular complexity index is 2330. The van der Waals surface area contributed by atoms with Gasteiger partial charge in [0.1, 0.15) is 0 Å². The van der Waals surface area contributed by atoms with E-state index < -0.39 is 48.1 Å². The van der Waals surface area contributed by atoms with Gasteiger partial charge in [0.05, 0.1) is 0 Å². The molecule has 7 aromatic rings. The summed E-state index contributed by atoms with van der Waals surface area (Å²) in [5.74, 6) is 0. The van der Waals surface area contributed by atoms with Gasteiger partial charge in [-0.25, -0.2) is 0 Å². The van der Waals surface area contributed by atoms with Crippen molar-refractivity contribution >= 4 is 102 Å². The number of fused-ring (bicyclic) bond motifs is 4. The van der Waals surface area contributed by atoms with Crippen molar-refractivity contribution in [3.8, 4) is 0 Å². The zero-order valence-corrected chi connectivity index (χ0v) is 43.2. The Labute approximate surface area is 351 Å². The van der Waals surface area contributed by atoms with E-state index in [1.54, 1.807) is 21.5 Å². The standard InChI is InChI=1S/C44H58Si6.C7H8/c1-47(2,3)43(48(4,5)6)29-30-44(49(7,8)9,50(10,11)12)46(42-39-27-19-15-23-35(39)32-36-24-16-20-28-40(36)42)45(43)41-37-25-17-13-21-33(37)31-34-22-14-18-26-38(34)41;1-7-5-3-2-4-6-7/h13-28,31-32H,29-30H2,1-12H3;2-6H,1H3. The van der Waals surface area contributed by atoms with E-state index in [2.05, 4.69) is 207 Å². The minimum absolute atomic E-state index is 0.423. The molecule has 57 heavy (non-hydrogen) atoms. The van der Waals surface area contributed by atoms with Crippen molar-refractivity contribution in [1.29, 1.82) is 0 Å². The summed E-state index contributed by atoms with van der Waals surface area (Å²) in [5.41, 5.74) is 1.32. The number of hydrogen-bond donors (Lipinski definition) is 0. The first-order valence-electron chi connectivity index (χ1n) is 21.3. The monoisotopic (exact) mass is 846 g/mol. The fourth-order valence-corrected chi connectivity index (χ4v) is 76.5. The second-order valence-corrected chi connectivity index (χ2v) is 52.7. The molecule has 0 fully saturated rings. The molecule has 7 aromatic carbocycles. The molecule has 8 rings (SSSR count). The second kappa shape index (κ2) is 15.2. The van der Waals surface area contributed by atoms with Gasteiger partial charge in [0.25, 0.3) is 0 Å². The minimum atomic E-state index is -1.79. The summed E-state index contributed by atoms with van der Waals surface area (Å²) in [6.07, 6.45) is 2.88. The average molecular weight is 848 g/mol. The van der Waals surface area contributed by atoms with Crippen molar-refractivity contribution in [3.63, 3.8) is 0 Å². The quantitative estimate of drug-likeness (QED) is 0.116. The van der Waals surface area contributed by atoms with Gasteiger partial charge in [-0.15, -0.1) is 0 Å². The number of rotatable bonds is 6. The normalized spacial score (nSPS) is 16.2. The van der Waals surface area contributed by atoms with E-state index >= 15 is 0 Å². The van der Waals surface area contributed by atoms with Gasteiger partial charge in [-0.3, -0.25) is 0 Å². The maximum Gasteiger partial charge on any atom is 0.0485 e. The number of hydrogen-bond acceptors (Lipinski definition) is 0. The molecular weight excluding hydrogens is 781 g/mol. The molecule has 0 aliphatic carbocycles. The molecule has 6 heteroatoms. The molecule has 0 radical (unpaired) electrons. The van der Waals surface area contributed by atoms with Gasteiger partial charge in [-0.05, 0) is 81.1 Å². The molecule has 294 valence electrons. The molecule has 1 heterocycles. The molecule has 0 N–H and O–H groups in total. The Morgan fingerprint density at radius 2 is 0.596 bits per heavy atom. The lowest BCUT2D eigenvalue weighted by atomic mass is 10.0. The van der Waals surface area contributed by atoms with Crippen LogP contribution >= 0.6 is 0 Å². The highest BCUT2D eigenvalue weighted by Gasteiger charge is 2.65. The van der Waals surface area contributed by atoms with Gasteiger partial charge in [0, 0.05) is 48.1 Å². The highest BCUT2D eigenvalue weighted by Crippen LogP contribution is 2.62. The lowest BCUT2D eigenvalue weighted by Gasteiger charge is -2.65. The molecule has 0 saturated heterocycles. The van der Waals surface area contributed by atoms with Crippen LogP contribution in [0.15, 0.2) is 140 Å². The summed E-state index contributed by atoms with van der Waals surface area (Å²) < 4.78 is 0.847. The molecular formula is C51H66Si6. The predicted octanol–water partition coefficient (Wildman–Crippen LogP) is 14.3. The SMILES string of the molecule is C[Si](C)(C)C1([Si](C)(C)C)CCC([Si](C)(C)C)([Si](C)(C)C)[Si](c2c3ccccc3cc3ccccc23)=[Si]1c1c2ccccc2cc2ccccc12.Cc1ccccc1. The Morgan fingerprint density at radius 3 is 0.825 bits per heavy atom. The van der Waals surface area contributed by atoms with E-state index in [-0.39, 0.29) is 0 Å². The summed E-state index contributed by atoms with van der Waals surface area (Å²) in [5, 5.41) is 15.7. The zero-order chi connectivity index (χ0) is 41.2. The van der Waals surface area contributed by atoms with Gasteiger partial charge in [0.2, 0.25) is 0 Å². The molecule has 1 aliphatic rings. The number of aryl methyl sites for hydroxylation is 1. The van der Waals surface area contributed by atoms with E-state index in [1.807, 2.05) is 28.6 Å². The van der Waals surface area contributed by atoms with E-state index in [9.17, 15) is 0 Å². The van der Waals surface area contributed by atoms with Crippen LogP contribution in [0, 0.1) is 6.92 Å². The molecule has 0 aromatic heterocycles. The zero-order valence-electron chi connectivity index (χ0n) is 37.2. The van der Waals surface area contributed by atoms with Crippen LogP contribution in [0.2, 0.25) is 87.1 Å². The largest absolute Gasteiger partial charge is 0.0693 e. The Kier molecular flexibility index (Phi) is 11.2. The van der Waals surface area contributed by atoms with Gasteiger partial charge in [-0.1, -0.05) is 224 Å².